The molecule has 1 aliphatic carbocycles. The molecular weight excluding hydrogens is 390 g/mol. The van der Waals surface area contributed by atoms with E-state index in [-0.39, 0.29) is 24.3 Å². The monoisotopic (exact) mass is 409 g/mol. The molecule has 10 heteroatoms. The summed E-state index contributed by atoms with van der Waals surface area (Å²) in [5.74, 6) is 0.961. The molecule has 0 aliphatic heterocycles. The largest absolute Gasteiger partial charge is 0.464 e. The van der Waals surface area contributed by atoms with Crippen LogP contribution in [-0.4, -0.2) is 45.3 Å². The standard InChI is InChI=1S/C20H19N5O5/c26-18(23-13-1-2-13)11-22-19(27)24-17-10-15(5-7-21-17)30-14-3-4-16-12(9-14)6-8-25(16)20(28)29/h3-10,13H,1-2,11H2,(H,23,26)(H,28,29)(H2,21,22,24,27). The summed E-state index contributed by atoms with van der Waals surface area (Å²) in [5, 5.41) is 17.7. The molecule has 1 aromatic carbocycles. The number of amides is 3. The molecule has 4 N–H and O–H groups in total. The van der Waals surface area contributed by atoms with Gasteiger partial charge < -0.3 is 20.5 Å². The number of urea groups is 1. The molecule has 0 unspecified atom stereocenters. The third-order valence-electron chi connectivity index (χ3n) is 4.43. The van der Waals surface area contributed by atoms with Crippen LogP contribution >= 0.6 is 0 Å². The quantitative estimate of drug-likeness (QED) is 0.494. The highest BCUT2D eigenvalue weighted by Gasteiger charge is 2.23. The van der Waals surface area contributed by atoms with Gasteiger partial charge in [-0.3, -0.25) is 14.7 Å². The molecule has 154 valence electrons. The summed E-state index contributed by atoms with van der Waals surface area (Å²) in [6, 6.07) is 9.55. The molecular formula is C20H19N5O5. The van der Waals surface area contributed by atoms with E-state index in [0.717, 1.165) is 17.4 Å². The van der Waals surface area contributed by atoms with E-state index in [1.165, 1.54) is 18.5 Å². The Morgan fingerprint density at radius 2 is 1.93 bits per heavy atom. The van der Waals surface area contributed by atoms with E-state index >= 15 is 0 Å². The minimum Gasteiger partial charge on any atom is -0.464 e. The molecule has 0 radical (unpaired) electrons. The number of fused-ring (bicyclic) bond motifs is 1. The smallest absolute Gasteiger partial charge is 0.415 e. The third kappa shape index (κ3) is 4.66. The number of pyridine rings is 1. The molecule has 30 heavy (non-hydrogen) atoms. The molecule has 1 aliphatic rings. The Labute approximate surface area is 170 Å². The van der Waals surface area contributed by atoms with Crippen LogP contribution in [0.1, 0.15) is 12.8 Å². The SMILES string of the molecule is O=C(CNC(=O)Nc1cc(Oc2ccc3c(ccn3C(=O)O)c2)ccn1)NC1CC1. The van der Waals surface area contributed by atoms with Gasteiger partial charge in [-0.25, -0.2) is 14.6 Å². The number of aromatic nitrogens is 2. The van der Waals surface area contributed by atoms with Crippen LogP contribution in [0.5, 0.6) is 11.5 Å². The second kappa shape index (κ2) is 8.11. The van der Waals surface area contributed by atoms with Crippen molar-refractivity contribution in [2.24, 2.45) is 0 Å². The van der Waals surface area contributed by atoms with Crippen molar-refractivity contribution in [3.63, 3.8) is 0 Å². The number of rotatable bonds is 6. The minimum absolute atomic E-state index is 0.117. The molecule has 0 saturated heterocycles. The second-order valence-electron chi connectivity index (χ2n) is 6.82. The van der Waals surface area contributed by atoms with Crippen LogP contribution in [0.3, 0.4) is 0 Å². The number of hydrogen-bond acceptors (Lipinski definition) is 5. The minimum atomic E-state index is -1.06. The fourth-order valence-corrected chi connectivity index (χ4v) is 2.86. The Balaban J connectivity index is 1.37. The number of nitrogens with one attached hydrogen (secondary N) is 3. The average Bonchev–Trinajstić information content (AvgIpc) is 3.41. The van der Waals surface area contributed by atoms with Crippen LogP contribution in [-0.2, 0) is 4.79 Å². The number of anilines is 1. The van der Waals surface area contributed by atoms with E-state index in [2.05, 4.69) is 20.9 Å². The van der Waals surface area contributed by atoms with Gasteiger partial charge in [-0.05, 0) is 43.2 Å². The highest BCUT2D eigenvalue weighted by molar-refractivity contribution is 5.92. The van der Waals surface area contributed by atoms with Crippen molar-refractivity contribution >= 4 is 34.8 Å². The van der Waals surface area contributed by atoms with Crippen molar-refractivity contribution in [3.05, 3.63) is 48.8 Å². The van der Waals surface area contributed by atoms with Crippen LogP contribution < -0.4 is 20.7 Å². The predicted octanol–water partition coefficient (Wildman–Crippen LogP) is 2.75. The van der Waals surface area contributed by atoms with Crippen LogP contribution in [0.25, 0.3) is 10.9 Å². The molecule has 1 fully saturated rings. The molecule has 4 rings (SSSR count). The number of nitrogens with zero attached hydrogens (tertiary/aromatic N) is 2. The number of carbonyl (C=O) groups is 3. The summed E-state index contributed by atoms with van der Waals surface area (Å²) >= 11 is 0. The van der Waals surface area contributed by atoms with Gasteiger partial charge in [0.15, 0.2) is 0 Å². The van der Waals surface area contributed by atoms with Gasteiger partial charge in [0.05, 0.1) is 12.1 Å². The zero-order valence-electron chi connectivity index (χ0n) is 15.8. The first-order valence-corrected chi connectivity index (χ1v) is 9.30. The van der Waals surface area contributed by atoms with Crippen molar-refractivity contribution in [3.8, 4) is 11.5 Å². The predicted molar refractivity (Wildman–Crippen MR) is 108 cm³/mol. The molecule has 3 aromatic rings. The van der Waals surface area contributed by atoms with Crippen molar-refractivity contribution in [2.75, 3.05) is 11.9 Å². The van der Waals surface area contributed by atoms with E-state index in [9.17, 15) is 14.4 Å². The first kappa shape index (κ1) is 19.2. The number of carboxylic acid groups (broad SMARTS) is 1. The highest BCUT2D eigenvalue weighted by Crippen LogP contribution is 2.27. The summed E-state index contributed by atoms with van der Waals surface area (Å²) < 4.78 is 6.92. The van der Waals surface area contributed by atoms with Crippen molar-refractivity contribution in [1.82, 2.24) is 20.2 Å². The van der Waals surface area contributed by atoms with Crippen LogP contribution in [0.4, 0.5) is 15.4 Å². The first-order chi connectivity index (χ1) is 14.5. The van der Waals surface area contributed by atoms with Crippen molar-refractivity contribution in [2.45, 2.75) is 18.9 Å². The van der Waals surface area contributed by atoms with Gasteiger partial charge in [0.1, 0.15) is 17.3 Å². The lowest BCUT2D eigenvalue weighted by molar-refractivity contribution is -0.120. The number of hydrogen-bond donors (Lipinski definition) is 4. The number of ether oxygens (including phenoxy) is 1. The molecule has 0 spiro atoms. The molecule has 0 atom stereocenters. The van der Waals surface area contributed by atoms with E-state index in [1.807, 2.05) is 0 Å². The molecule has 1 saturated carbocycles. The van der Waals surface area contributed by atoms with Gasteiger partial charge in [-0.1, -0.05) is 0 Å². The topological polar surface area (TPSA) is 135 Å². The van der Waals surface area contributed by atoms with Crippen molar-refractivity contribution < 1.29 is 24.2 Å². The Morgan fingerprint density at radius 1 is 1.13 bits per heavy atom. The van der Waals surface area contributed by atoms with Gasteiger partial charge in [0.25, 0.3) is 0 Å². The Bertz CT molecular complexity index is 1120. The summed E-state index contributed by atoms with van der Waals surface area (Å²) in [6.45, 7) is -0.117. The number of benzene rings is 1. The molecule has 10 nitrogen and oxygen atoms in total. The third-order valence-corrected chi connectivity index (χ3v) is 4.43. The van der Waals surface area contributed by atoms with Gasteiger partial charge in [0, 0.05) is 29.9 Å². The van der Waals surface area contributed by atoms with Crippen molar-refractivity contribution in [1.29, 1.82) is 0 Å². The second-order valence-corrected chi connectivity index (χ2v) is 6.82. The van der Waals surface area contributed by atoms with Gasteiger partial charge >= 0.3 is 12.1 Å². The van der Waals surface area contributed by atoms with Crippen LogP contribution in [0.15, 0.2) is 48.8 Å². The van der Waals surface area contributed by atoms with E-state index in [4.69, 9.17) is 9.84 Å². The maximum absolute atomic E-state index is 12.0. The summed E-state index contributed by atoms with van der Waals surface area (Å²) in [5.41, 5.74) is 0.550. The number of carbonyl (C=O) groups excluding carboxylic acids is 2. The molecule has 0 bridgehead atoms. The van der Waals surface area contributed by atoms with Crippen LogP contribution in [0, 0.1) is 0 Å². The molecule has 2 heterocycles. The van der Waals surface area contributed by atoms with E-state index < -0.39 is 12.1 Å². The molecule has 3 amide bonds. The Kier molecular flexibility index (Phi) is 5.21. The summed E-state index contributed by atoms with van der Waals surface area (Å²) in [6.07, 6.45) is 3.84. The van der Waals surface area contributed by atoms with E-state index in [1.54, 1.807) is 30.3 Å². The van der Waals surface area contributed by atoms with E-state index in [0.29, 0.717) is 22.4 Å². The fraction of sp³-hybridized carbons (Fsp3) is 0.200. The van der Waals surface area contributed by atoms with Gasteiger partial charge in [0.2, 0.25) is 5.91 Å². The summed E-state index contributed by atoms with van der Waals surface area (Å²) in [7, 11) is 0. The summed E-state index contributed by atoms with van der Waals surface area (Å²) in [4.78, 5) is 38.8. The normalized spacial score (nSPS) is 12.9. The van der Waals surface area contributed by atoms with Gasteiger partial charge in [-0.15, -0.1) is 0 Å². The average molecular weight is 409 g/mol. The molecule has 2 aromatic heterocycles. The lowest BCUT2D eigenvalue weighted by Gasteiger charge is -2.10. The Morgan fingerprint density at radius 3 is 2.70 bits per heavy atom. The maximum Gasteiger partial charge on any atom is 0.415 e. The zero-order chi connectivity index (χ0) is 21.1. The lowest BCUT2D eigenvalue weighted by atomic mass is 10.2. The van der Waals surface area contributed by atoms with Gasteiger partial charge in [-0.2, -0.15) is 0 Å². The first-order valence-electron chi connectivity index (χ1n) is 9.30. The fourth-order valence-electron chi connectivity index (χ4n) is 2.86. The maximum atomic E-state index is 12.0. The zero-order valence-corrected chi connectivity index (χ0v) is 15.8. The Hall–Kier alpha value is -4.08. The lowest BCUT2D eigenvalue weighted by Crippen LogP contribution is -2.39. The van der Waals surface area contributed by atoms with Crippen LogP contribution in [0.2, 0.25) is 0 Å². The highest BCUT2D eigenvalue weighted by atomic mass is 16.5.